The van der Waals surface area contributed by atoms with Crippen LogP contribution in [-0.2, 0) is 11.3 Å². The van der Waals surface area contributed by atoms with Gasteiger partial charge in [0.2, 0.25) is 5.91 Å². The first-order valence-corrected chi connectivity index (χ1v) is 12.2. The first-order chi connectivity index (χ1) is 15.0. The van der Waals surface area contributed by atoms with Crippen LogP contribution < -0.4 is 10.6 Å². The predicted octanol–water partition coefficient (Wildman–Crippen LogP) is 4.67. The van der Waals surface area contributed by atoms with Gasteiger partial charge in [0.15, 0.2) is 10.3 Å². The maximum atomic E-state index is 13.0. The van der Waals surface area contributed by atoms with Crippen LogP contribution in [0.5, 0.6) is 0 Å². The highest BCUT2D eigenvalue weighted by atomic mass is 32.2. The van der Waals surface area contributed by atoms with Crippen LogP contribution in [0.4, 0.5) is 5.13 Å². The standard InChI is InChI=1S/C21H19N5O2S3/c1-13(27)22-10-15-8-9-18(31-15)16-12-30-20(24-16)25-19(28)17-11-23-21(29-2)26(17)14-6-4-3-5-7-14/h3-9,11-12H,10H2,1-2H3,(H,22,27)(H,24,25,28). The molecule has 2 N–H and O–H groups in total. The number of para-hydroxylation sites is 1. The van der Waals surface area contributed by atoms with Crippen molar-refractivity contribution in [1.82, 2.24) is 19.9 Å². The second-order valence-electron chi connectivity index (χ2n) is 6.47. The van der Waals surface area contributed by atoms with Crippen molar-refractivity contribution < 1.29 is 9.59 Å². The third-order valence-electron chi connectivity index (χ3n) is 4.31. The number of hydrogen-bond donors (Lipinski definition) is 2. The molecule has 0 bridgehead atoms. The van der Waals surface area contributed by atoms with Crippen molar-refractivity contribution in [2.45, 2.75) is 18.6 Å². The Morgan fingerprint density at radius 3 is 2.71 bits per heavy atom. The van der Waals surface area contributed by atoms with Crippen LogP contribution in [0.3, 0.4) is 0 Å². The van der Waals surface area contributed by atoms with E-state index in [9.17, 15) is 9.59 Å². The van der Waals surface area contributed by atoms with E-state index >= 15 is 0 Å². The molecular formula is C21H19N5O2S3. The number of anilines is 1. The molecule has 0 aliphatic carbocycles. The van der Waals surface area contributed by atoms with E-state index in [4.69, 9.17) is 0 Å². The molecule has 0 aliphatic heterocycles. The molecule has 0 saturated heterocycles. The predicted molar refractivity (Wildman–Crippen MR) is 126 cm³/mol. The highest BCUT2D eigenvalue weighted by Crippen LogP contribution is 2.31. The van der Waals surface area contributed by atoms with Crippen molar-refractivity contribution in [2.24, 2.45) is 0 Å². The Labute approximate surface area is 191 Å². The van der Waals surface area contributed by atoms with Crippen molar-refractivity contribution in [3.8, 4) is 16.3 Å². The zero-order chi connectivity index (χ0) is 21.8. The van der Waals surface area contributed by atoms with Gasteiger partial charge in [0.05, 0.1) is 23.3 Å². The van der Waals surface area contributed by atoms with E-state index in [1.165, 1.54) is 30.0 Å². The van der Waals surface area contributed by atoms with E-state index in [0.717, 1.165) is 26.3 Å². The molecule has 31 heavy (non-hydrogen) atoms. The number of benzene rings is 1. The topological polar surface area (TPSA) is 88.9 Å². The van der Waals surface area contributed by atoms with Gasteiger partial charge in [-0.25, -0.2) is 9.97 Å². The lowest BCUT2D eigenvalue weighted by Crippen LogP contribution is -2.17. The molecule has 1 aromatic carbocycles. The van der Waals surface area contributed by atoms with Crippen LogP contribution in [-0.4, -0.2) is 32.6 Å². The van der Waals surface area contributed by atoms with Crippen LogP contribution in [0.2, 0.25) is 0 Å². The number of thiazole rings is 1. The normalized spacial score (nSPS) is 10.8. The molecule has 158 valence electrons. The highest BCUT2D eigenvalue weighted by Gasteiger charge is 2.19. The van der Waals surface area contributed by atoms with Gasteiger partial charge in [-0.1, -0.05) is 30.0 Å². The number of rotatable bonds is 7. The molecule has 0 atom stereocenters. The fraction of sp³-hybridized carbons (Fsp3) is 0.143. The summed E-state index contributed by atoms with van der Waals surface area (Å²) in [5, 5.41) is 8.84. The van der Waals surface area contributed by atoms with Crippen molar-refractivity contribution in [1.29, 1.82) is 0 Å². The van der Waals surface area contributed by atoms with Gasteiger partial charge < -0.3 is 5.32 Å². The number of hydrogen-bond acceptors (Lipinski definition) is 7. The van der Waals surface area contributed by atoms with Crippen molar-refractivity contribution in [3.63, 3.8) is 0 Å². The zero-order valence-electron chi connectivity index (χ0n) is 16.8. The Morgan fingerprint density at radius 1 is 1.16 bits per heavy atom. The largest absolute Gasteiger partial charge is 0.351 e. The minimum Gasteiger partial charge on any atom is -0.351 e. The van der Waals surface area contributed by atoms with Crippen LogP contribution in [0.1, 0.15) is 22.3 Å². The number of aromatic nitrogens is 3. The van der Waals surface area contributed by atoms with E-state index in [1.807, 2.05) is 58.7 Å². The quantitative estimate of drug-likeness (QED) is 0.384. The number of nitrogens with one attached hydrogen (secondary N) is 2. The SMILES string of the molecule is CSc1ncc(C(=O)Nc2nc(-c3ccc(CNC(C)=O)s3)cs2)n1-c1ccccc1. The summed E-state index contributed by atoms with van der Waals surface area (Å²) in [6, 6.07) is 13.6. The molecule has 0 fully saturated rings. The molecule has 0 aliphatic rings. The van der Waals surface area contributed by atoms with E-state index in [0.29, 0.717) is 17.4 Å². The summed E-state index contributed by atoms with van der Waals surface area (Å²) < 4.78 is 1.84. The van der Waals surface area contributed by atoms with E-state index < -0.39 is 0 Å². The Hall–Kier alpha value is -2.95. The Bertz CT molecular complexity index is 1210. The van der Waals surface area contributed by atoms with Gasteiger partial charge in [0.25, 0.3) is 5.91 Å². The van der Waals surface area contributed by atoms with Crippen molar-refractivity contribution in [2.75, 3.05) is 11.6 Å². The summed E-state index contributed by atoms with van der Waals surface area (Å²) in [6.45, 7) is 1.99. The summed E-state index contributed by atoms with van der Waals surface area (Å²) in [6.07, 6.45) is 3.51. The molecule has 7 nitrogen and oxygen atoms in total. The lowest BCUT2D eigenvalue weighted by molar-refractivity contribution is -0.119. The summed E-state index contributed by atoms with van der Waals surface area (Å²) in [5.74, 6) is -0.330. The minimum atomic E-state index is -0.268. The highest BCUT2D eigenvalue weighted by molar-refractivity contribution is 7.98. The Kier molecular flexibility index (Phi) is 6.50. The summed E-state index contributed by atoms with van der Waals surface area (Å²) in [4.78, 5) is 35.0. The van der Waals surface area contributed by atoms with Gasteiger partial charge in [0.1, 0.15) is 5.69 Å². The molecule has 0 saturated carbocycles. The van der Waals surface area contributed by atoms with Gasteiger partial charge >= 0.3 is 0 Å². The average molecular weight is 470 g/mol. The fourth-order valence-electron chi connectivity index (χ4n) is 2.89. The minimum absolute atomic E-state index is 0.0621. The van der Waals surface area contributed by atoms with Crippen LogP contribution in [0.15, 0.2) is 59.2 Å². The fourth-order valence-corrected chi connectivity index (χ4v) is 5.13. The molecule has 10 heteroatoms. The number of thiophene rings is 1. The third kappa shape index (κ3) is 4.87. The Morgan fingerprint density at radius 2 is 1.97 bits per heavy atom. The molecule has 2 amide bonds. The maximum Gasteiger partial charge on any atom is 0.276 e. The molecule has 0 unspecified atom stereocenters. The molecular weight excluding hydrogens is 450 g/mol. The number of imidazole rings is 1. The first-order valence-electron chi connectivity index (χ1n) is 9.32. The average Bonchev–Trinajstić information content (AvgIpc) is 3.51. The monoisotopic (exact) mass is 469 g/mol. The second-order valence-corrected chi connectivity index (χ2v) is 9.27. The third-order valence-corrected chi connectivity index (χ3v) is 6.83. The smallest absolute Gasteiger partial charge is 0.276 e. The summed E-state index contributed by atoms with van der Waals surface area (Å²) >= 11 is 4.41. The number of nitrogens with zero attached hydrogens (tertiary/aromatic N) is 3. The molecule has 3 aromatic heterocycles. The molecule has 4 rings (SSSR count). The molecule has 4 aromatic rings. The van der Waals surface area contributed by atoms with Gasteiger partial charge in [-0.3, -0.25) is 19.5 Å². The van der Waals surface area contributed by atoms with Gasteiger partial charge in [-0.15, -0.1) is 22.7 Å². The van der Waals surface area contributed by atoms with Crippen LogP contribution in [0, 0.1) is 0 Å². The number of carbonyl (C=O) groups is 2. The second kappa shape index (κ2) is 9.46. The summed E-state index contributed by atoms with van der Waals surface area (Å²) in [7, 11) is 0. The van der Waals surface area contributed by atoms with E-state index in [2.05, 4.69) is 20.6 Å². The van der Waals surface area contributed by atoms with Crippen molar-refractivity contribution in [3.05, 3.63) is 64.6 Å². The van der Waals surface area contributed by atoms with E-state index in [1.54, 1.807) is 17.5 Å². The molecule has 3 heterocycles. The lowest BCUT2D eigenvalue weighted by Gasteiger charge is -2.10. The summed E-state index contributed by atoms with van der Waals surface area (Å²) in [5.41, 5.74) is 2.11. The number of amides is 2. The molecule has 0 spiro atoms. The van der Waals surface area contributed by atoms with Gasteiger partial charge in [0, 0.05) is 22.9 Å². The Balaban J connectivity index is 1.52. The zero-order valence-corrected chi connectivity index (χ0v) is 19.2. The number of carbonyl (C=O) groups excluding carboxylic acids is 2. The molecule has 0 radical (unpaired) electrons. The number of thioether (sulfide) groups is 1. The first kappa shape index (κ1) is 21.3. The van der Waals surface area contributed by atoms with Gasteiger partial charge in [-0.05, 0) is 30.5 Å². The lowest BCUT2D eigenvalue weighted by atomic mass is 10.3. The van der Waals surface area contributed by atoms with Gasteiger partial charge in [-0.2, -0.15) is 0 Å². The van der Waals surface area contributed by atoms with Crippen LogP contribution in [0.25, 0.3) is 16.3 Å². The van der Waals surface area contributed by atoms with Crippen LogP contribution >= 0.6 is 34.4 Å². The van der Waals surface area contributed by atoms with Crippen molar-refractivity contribution >= 4 is 51.4 Å². The maximum absolute atomic E-state index is 13.0. The van der Waals surface area contributed by atoms with E-state index in [-0.39, 0.29) is 11.8 Å².